The number of nitrogens with zero attached hydrogens (tertiary/aromatic N) is 2. The molecule has 4 N–H and O–H groups in total. The number of benzene rings is 4. The smallest absolute Gasteiger partial charge is 0.294 e. The van der Waals surface area contributed by atoms with E-state index in [0.717, 1.165) is 72.5 Å². The van der Waals surface area contributed by atoms with Crippen molar-refractivity contribution in [1.29, 1.82) is 0 Å². The maximum Gasteiger partial charge on any atom is 0.294 e. The third-order valence-corrected chi connectivity index (χ3v) is 15.2. The van der Waals surface area contributed by atoms with Crippen LogP contribution in [0.4, 0.5) is 0 Å². The van der Waals surface area contributed by atoms with E-state index in [9.17, 15) is 16.8 Å². The standard InChI is InChI=1S/C40H36N4.2C7H8O3S/c1-21-23(3)33-19-37-40-28-12-8-6-10-26(28)14-16-30(40)36(44-37)18-32-22(2)24(4)34(42-32)20-38-39-27-11-7-5-9-25(27)13-15-29(39)35(43-38)17-31(21)41-33;2*1-6-2-4-7(5-3-6)11(8,9)10/h5-12,19-20,43-44H,13-18H2,1-4H3;2*2-5H,1H3,(H,8,9,10)/b33-19-,34-20-;;. The first-order chi connectivity index (χ1) is 31.4. The van der Waals surface area contributed by atoms with Crippen molar-refractivity contribution in [3.63, 3.8) is 0 Å². The molecule has 0 amide bonds. The second-order valence-corrected chi connectivity index (χ2v) is 20.5. The molecule has 10 nitrogen and oxygen atoms in total. The number of nitrogens with one attached hydrogen (secondary N) is 2. The Balaban J connectivity index is 0.000000205. The second kappa shape index (κ2) is 17.4. The van der Waals surface area contributed by atoms with E-state index in [2.05, 4.69) is 98.3 Å². The minimum Gasteiger partial charge on any atom is -0.358 e. The maximum absolute atomic E-state index is 10.5. The summed E-state index contributed by atoms with van der Waals surface area (Å²) in [5.41, 5.74) is 27.5. The summed E-state index contributed by atoms with van der Waals surface area (Å²) in [4.78, 5) is 18.3. The third kappa shape index (κ3) is 8.69. The summed E-state index contributed by atoms with van der Waals surface area (Å²) in [6.07, 6.45) is 10.4. The molecule has 2 aromatic heterocycles. The van der Waals surface area contributed by atoms with Crippen LogP contribution in [0.2, 0.25) is 0 Å². The minimum atomic E-state index is -4.02. The lowest BCUT2D eigenvalue weighted by Gasteiger charge is -2.18. The molecule has 3 aliphatic heterocycles. The summed E-state index contributed by atoms with van der Waals surface area (Å²) in [7, 11) is -8.04. The van der Waals surface area contributed by atoms with Gasteiger partial charge < -0.3 is 9.97 Å². The summed E-state index contributed by atoms with van der Waals surface area (Å²) in [5, 5.41) is 0. The highest BCUT2D eigenvalue weighted by molar-refractivity contribution is 7.86. The van der Waals surface area contributed by atoms with Gasteiger partial charge in [-0.05, 0) is 159 Å². The largest absolute Gasteiger partial charge is 0.358 e. The first kappa shape index (κ1) is 44.7. The highest BCUT2D eigenvalue weighted by atomic mass is 32.2. The van der Waals surface area contributed by atoms with E-state index in [1.165, 1.54) is 114 Å². The fourth-order valence-corrected chi connectivity index (χ4v) is 10.5. The SMILES string of the molecule is CC1=C(C)/C2=C/c3[nH]c(c4c3-c3ccccc3CC4)CC3=N/C(=C\c4[nH]c(c5c4-c4ccccc4CC5)CC1=N2)C(C)=C3C.Cc1ccc(S(=O)(=O)O)cc1.Cc1ccc(S(=O)(=O)O)cc1. The molecule has 11 rings (SSSR count). The lowest BCUT2D eigenvalue weighted by molar-refractivity contribution is 0.481. The van der Waals surface area contributed by atoms with Gasteiger partial charge >= 0.3 is 0 Å². The fraction of sp³-hybridized carbons (Fsp3) is 0.222. The van der Waals surface area contributed by atoms with Gasteiger partial charge in [0.25, 0.3) is 20.2 Å². The van der Waals surface area contributed by atoms with Gasteiger partial charge in [0, 0.05) is 46.7 Å². The van der Waals surface area contributed by atoms with Gasteiger partial charge in [-0.3, -0.25) is 19.1 Å². The van der Waals surface area contributed by atoms with Crippen LogP contribution in [0.1, 0.15) is 83.9 Å². The average molecular weight is 917 g/mol. The number of allylic oxidation sites excluding steroid dienone is 4. The zero-order valence-corrected chi connectivity index (χ0v) is 39.5. The molecule has 336 valence electrons. The van der Waals surface area contributed by atoms with Crippen molar-refractivity contribution in [2.24, 2.45) is 9.98 Å². The molecule has 5 heterocycles. The van der Waals surface area contributed by atoms with Gasteiger partial charge in [-0.15, -0.1) is 0 Å². The zero-order chi connectivity index (χ0) is 46.7. The molecule has 6 aromatic rings. The molecule has 12 heteroatoms. The van der Waals surface area contributed by atoms with E-state index < -0.39 is 20.2 Å². The molecule has 0 fully saturated rings. The normalized spacial score (nSPS) is 17.6. The zero-order valence-electron chi connectivity index (χ0n) is 37.9. The number of aryl methyl sites for hydroxylation is 4. The van der Waals surface area contributed by atoms with Crippen LogP contribution in [0, 0.1) is 13.8 Å². The molecule has 0 saturated heterocycles. The van der Waals surface area contributed by atoms with Gasteiger partial charge in [0.1, 0.15) is 0 Å². The number of aliphatic imine (C=N–C) groups is 2. The van der Waals surface area contributed by atoms with Crippen LogP contribution in [0.15, 0.2) is 151 Å². The van der Waals surface area contributed by atoms with E-state index in [1.807, 2.05) is 13.8 Å². The molecule has 0 unspecified atom stereocenters. The quantitative estimate of drug-likeness (QED) is 0.126. The molecule has 8 bridgehead atoms. The molecular weight excluding hydrogens is 865 g/mol. The summed E-state index contributed by atoms with van der Waals surface area (Å²) >= 11 is 0. The van der Waals surface area contributed by atoms with Crippen LogP contribution in [0.5, 0.6) is 0 Å². The van der Waals surface area contributed by atoms with Crippen LogP contribution < -0.4 is 0 Å². The van der Waals surface area contributed by atoms with Gasteiger partial charge in [-0.25, -0.2) is 0 Å². The first-order valence-corrected chi connectivity index (χ1v) is 25.0. The second-order valence-electron chi connectivity index (χ2n) is 17.7. The third-order valence-electron chi connectivity index (χ3n) is 13.5. The Morgan fingerprint density at radius 1 is 0.470 bits per heavy atom. The Labute approximate surface area is 386 Å². The molecule has 0 saturated carbocycles. The molecule has 0 radical (unpaired) electrons. The maximum atomic E-state index is 10.5. The van der Waals surface area contributed by atoms with Crippen molar-refractivity contribution >= 4 is 43.8 Å². The lowest BCUT2D eigenvalue weighted by Crippen LogP contribution is -2.08. The highest BCUT2D eigenvalue weighted by Gasteiger charge is 2.30. The molecule has 4 aromatic carbocycles. The van der Waals surface area contributed by atoms with Gasteiger partial charge in [0.05, 0.1) is 32.6 Å². The Morgan fingerprint density at radius 3 is 1.20 bits per heavy atom. The summed E-state index contributed by atoms with van der Waals surface area (Å²) in [6.45, 7) is 12.6. The van der Waals surface area contributed by atoms with Gasteiger partial charge in [-0.2, -0.15) is 16.8 Å². The van der Waals surface area contributed by atoms with E-state index in [4.69, 9.17) is 19.1 Å². The van der Waals surface area contributed by atoms with Crippen LogP contribution in [0.3, 0.4) is 0 Å². The van der Waals surface area contributed by atoms with Crippen molar-refractivity contribution < 1.29 is 25.9 Å². The van der Waals surface area contributed by atoms with Crippen LogP contribution in [-0.4, -0.2) is 47.3 Å². The van der Waals surface area contributed by atoms with E-state index in [-0.39, 0.29) is 9.79 Å². The van der Waals surface area contributed by atoms with Crippen LogP contribution in [0.25, 0.3) is 34.4 Å². The topological polar surface area (TPSA) is 165 Å². The van der Waals surface area contributed by atoms with Gasteiger partial charge in [-0.1, -0.05) is 83.9 Å². The molecule has 0 atom stereocenters. The van der Waals surface area contributed by atoms with Crippen LogP contribution in [-0.2, 0) is 58.8 Å². The number of H-pyrrole nitrogens is 2. The number of aromatic amines is 2. The highest BCUT2D eigenvalue weighted by Crippen LogP contribution is 2.44. The Bertz CT molecular complexity index is 3170. The Morgan fingerprint density at radius 2 is 0.833 bits per heavy atom. The number of rotatable bonds is 2. The summed E-state index contributed by atoms with van der Waals surface area (Å²) < 4.78 is 59.1. The van der Waals surface area contributed by atoms with Crippen molar-refractivity contribution in [2.75, 3.05) is 0 Å². The summed E-state index contributed by atoms with van der Waals surface area (Å²) in [5.74, 6) is 0. The lowest BCUT2D eigenvalue weighted by atomic mass is 9.84. The van der Waals surface area contributed by atoms with Crippen molar-refractivity contribution in [1.82, 2.24) is 9.97 Å². The van der Waals surface area contributed by atoms with Crippen LogP contribution >= 0.6 is 0 Å². The van der Waals surface area contributed by atoms with E-state index >= 15 is 0 Å². The number of aromatic nitrogens is 2. The Hall–Kier alpha value is -6.44. The predicted molar refractivity (Wildman–Crippen MR) is 264 cm³/mol. The minimum absolute atomic E-state index is 0.0666. The number of fused-ring (bicyclic) bond motifs is 16. The number of hydrogen-bond donors (Lipinski definition) is 4. The molecule has 0 spiro atoms. The monoisotopic (exact) mass is 916 g/mol. The fourth-order valence-electron chi connectivity index (χ4n) is 9.49. The molecule has 2 aliphatic carbocycles. The summed E-state index contributed by atoms with van der Waals surface area (Å²) in [6, 6.07) is 29.8. The van der Waals surface area contributed by atoms with Crippen molar-refractivity contribution in [3.8, 4) is 22.3 Å². The van der Waals surface area contributed by atoms with Crippen molar-refractivity contribution in [2.45, 2.75) is 89.9 Å². The van der Waals surface area contributed by atoms with Gasteiger partial charge in [0.2, 0.25) is 0 Å². The average Bonchev–Trinajstić information content (AvgIpc) is 3.98. The molecule has 5 aliphatic rings. The van der Waals surface area contributed by atoms with Crippen molar-refractivity contribution in [3.05, 3.63) is 187 Å². The van der Waals surface area contributed by atoms with Gasteiger partial charge in [0.15, 0.2) is 0 Å². The number of hydrogen-bond acceptors (Lipinski definition) is 6. The predicted octanol–water partition coefficient (Wildman–Crippen LogP) is 11.4. The molecule has 66 heavy (non-hydrogen) atoms. The van der Waals surface area contributed by atoms with E-state index in [0.29, 0.717) is 0 Å². The first-order valence-electron chi connectivity index (χ1n) is 22.1. The molecular formula is C54H52N4O6S2. The van der Waals surface area contributed by atoms with E-state index in [1.54, 1.807) is 24.3 Å². The Kier molecular flexibility index (Phi) is 11.8.